The number of nitrogens with two attached hydrogens (primary N) is 1. The van der Waals surface area contributed by atoms with Gasteiger partial charge in [-0.1, -0.05) is 0 Å². The Bertz CT molecular complexity index is 329. The molecule has 0 aliphatic heterocycles. The van der Waals surface area contributed by atoms with Crippen molar-refractivity contribution in [1.29, 1.82) is 0 Å². The Balaban J connectivity index is 1.81. The molecule has 76 valence electrons. The lowest BCUT2D eigenvalue weighted by Gasteiger charge is -2.14. The van der Waals surface area contributed by atoms with Crippen LogP contribution in [0.4, 0.5) is 0 Å². The van der Waals surface area contributed by atoms with Gasteiger partial charge in [-0.05, 0) is 32.1 Å². The summed E-state index contributed by atoms with van der Waals surface area (Å²) >= 11 is 0. The average Bonchev–Trinajstić information content (AvgIpc) is 2.75. The Labute approximate surface area is 83.5 Å². The summed E-state index contributed by atoms with van der Waals surface area (Å²) in [6.45, 7) is 0. The minimum Gasteiger partial charge on any atom is -0.326 e. The topological polar surface area (TPSA) is 56.7 Å². The summed E-state index contributed by atoms with van der Waals surface area (Å²) in [4.78, 5) is 4.35. The van der Waals surface area contributed by atoms with Gasteiger partial charge in [0.1, 0.15) is 6.33 Å². The molecule has 2 aliphatic carbocycles. The SMILES string of the molecule is NC1CCCC1n1cnc(C2CC2)n1. The number of nitrogens with zero attached hydrogens (tertiary/aromatic N) is 3. The molecular formula is C10H16N4. The molecule has 0 spiro atoms. The first-order chi connectivity index (χ1) is 6.84. The number of aromatic nitrogens is 3. The molecule has 0 bridgehead atoms. The van der Waals surface area contributed by atoms with E-state index < -0.39 is 0 Å². The van der Waals surface area contributed by atoms with Gasteiger partial charge in [0, 0.05) is 12.0 Å². The van der Waals surface area contributed by atoms with Gasteiger partial charge in [0.25, 0.3) is 0 Å². The van der Waals surface area contributed by atoms with Crippen LogP contribution in [0.3, 0.4) is 0 Å². The summed E-state index contributed by atoms with van der Waals surface area (Å²) in [5, 5.41) is 4.53. The highest BCUT2D eigenvalue weighted by molar-refractivity contribution is 5.03. The third-order valence-electron chi connectivity index (χ3n) is 3.34. The Hall–Kier alpha value is -0.900. The monoisotopic (exact) mass is 192 g/mol. The van der Waals surface area contributed by atoms with Crippen LogP contribution in [-0.4, -0.2) is 20.8 Å². The van der Waals surface area contributed by atoms with E-state index >= 15 is 0 Å². The van der Waals surface area contributed by atoms with Gasteiger partial charge >= 0.3 is 0 Å². The van der Waals surface area contributed by atoms with Crippen LogP contribution in [0.1, 0.15) is 49.9 Å². The molecule has 1 aromatic rings. The van der Waals surface area contributed by atoms with E-state index in [9.17, 15) is 0 Å². The van der Waals surface area contributed by atoms with Crippen molar-refractivity contribution < 1.29 is 0 Å². The molecule has 3 rings (SSSR count). The molecule has 1 aromatic heterocycles. The van der Waals surface area contributed by atoms with Crippen LogP contribution < -0.4 is 5.73 Å². The zero-order chi connectivity index (χ0) is 9.54. The van der Waals surface area contributed by atoms with Crippen LogP contribution in [-0.2, 0) is 0 Å². The Morgan fingerprint density at radius 2 is 2.14 bits per heavy atom. The predicted molar refractivity (Wildman–Crippen MR) is 52.9 cm³/mol. The van der Waals surface area contributed by atoms with Gasteiger partial charge in [0.2, 0.25) is 0 Å². The molecule has 14 heavy (non-hydrogen) atoms. The third-order valence-corrected chi connectivity index (χ3v) is 3.34. The first-order valence-electron chi connectivity index (χ1n) is 5.51. The second kappa shape index (κ2) is 3.05. The molecule has 0 saturated heterocycles. The van der Waals surface area contributed by atoms with Crippen molar-refractivity contribution >= 4 is 0 Å². The quantitative estimate of drug-likeness (QED) is 0.766. The lowest BCUT2D eigenvalue weighted by molar-refractivity contribution is 0.418. The molecule has 0 amide bonds. The summed E-state index contributed by atoms with van der Waals surface area (Å²) in [6.07, 6.45) is 7.91. The summed E-state index contributed by atoms with van der Waals surface area (Å²) in [5.41, 5.74) is 6.02. The van der Waals surface area contributed by atoms with Crippen molar-refractivity contribution in [2.24, 2.45) is 5.73 Å². The maximum absolute atomic E-state index is 6.02. The highest BCUT2D eigenvalue weighted by atomic mass is 15.4. The van der Waals surface area contributed by atoms with Gasteiger partial charge in [-0.25, -0.2) is 9.67 Å². The molecule has 4 nitrogen and oxygen atoms in total. The number of hydrogen-bond acceptors (Lipinski definition) is 3. The smallest absolute Gasteiger partial charge is 0.153 e. The van der Waals surface area contributed by atoms with Gasteiger partial charge in [-0.2, -0.15) is 5.10 Å². The first kappa shape index (κ1) is 8.41. The molecule has 4 heteroatoms. The van der Waals surface area contributed by atoms with Crippen molar-refractivity contribution in [3.05, 3.63) is 12.2 Å². The minimum atomic E-state index is 0.281. The van der Waals surface area contributed by atoms with Crippen molar-refractivity contribution in [3.8, 4) is 0 Å². The minimum absolute atomic E-state index is 0.281. The highest BCUT2D eigenvalue weighted by Crippen LogP contribution is 2.38. The summed E-state index contributed by atoms with van der Waals surface area (Å²) in [5.74, 6) is 1.68. The lowest BCUT2D eigenvalue weighted by Crippen LogP contribution is -2.27. The summed E-state index contributed by atoms with van der Waals surface area (Å²) in [7, 11) is 0. The van der Waals surface area contributed by atoms with E-state index in [1.165, 1.54) is 19.3 Å². The third kappa shape index (κ3) is 1.34. The zero-order valence-electron chi connectivity index (χ0n) is 8.26. The average molecular weight is 192 g/mol. The van der Waals surface area contributed by atoms with Crippen LogP contribution in [0.5, 0.6) is 0 Å². The van der Waals surface area contributed by atoms with E-state index in [0.717, 1.165) is 18.7 Å². The largest absolute Gasteiger partial charge is 0.326 e. The van der Waals surface area contributed by atoms with Crippen LogP contribution in [0, 0.1) is 0 Å². The zero-order valence-corrected chi connectivity index (χ0v) is 8.26. The van der Waals surface area contributed by atoms with Gasteiger partial charge in [-0.15, -0.1) is 0 Å². The second-order valence-corrected chi connectivity index (χ2v) is 4.52. The normalized spacial score (nSPS) is 32.4. The van der Waals surface area contributed by atoms with Gasteiger partial charge < -0.3 is 5.73 Å². The van der Waals surface area contributed by atoms with Crippen molar-refractivity contribution in [2.45, 2.75) is 50.1 Å². The van der Waals surface area contributed by atoms with Gasteiger partial charge in [0.15, 0.2) is 5.82 Å². The van der Waals surface area contributed by atoms with Gasteiger partial charge in [-0.3, -0.25) is 0 Å². The van der Waals surface area contributed by atoms with Crippen molar-refractivity contribution in [1.82, 2.24) is 14.8 Å². The van der Waals surface area contributed by atoms with Crippen molar-refractivity contribution in [3.63, 3.8) is 0 Å². The Morgan fingerprint density at radius 3 is 2.79 bits per heavy atom. The number of hydrogen-bond donors (Lipinski definition) is 1. The van der Waals surface area contributed by atoms with E-state index in [1.807, 2.05) is 11.0 Å². The van der Waals surface area contributed by atoms with Crippen LogP contribution in [0.2, 0.25) is 0 Å². The Morgan fingerprint density at radius 1 is 1.29 bits per heavy atom. The Kier molecular flexibility index (Phi) is 1.83. The molecule has 2 saturated carbocycles. The molecule has 2 unspecified atom stereocenters. The molecule has 2 N–H and O–H groups in total. The first-order valence-corrected chi connectivity index (χ1v) is 5.51. The highest BCUT2D eigenvalue weighted by Gasteiger charge is 2.30. The molecule has 2 fully saturated rings. The maximum Gasteiger partial charge on any atom is 0.153 e. The standard InChI is InChI=1S/C10H16N4/c11-8-2-1-3-9(8)14-6-12-10(13-14)7-4-5-7/h6-9H,1-5,11H2. The fraction of sp³-hybridized carbons (Fsp3) is 0.800. The van der Waals surface area contributed by atoms with Gasteiger partial charge in [0.05, 0.1) is 6.04 Å². The van der Waals surface area contributed by atoms with Crippen LogP contribution in [0.25, 0.3) is 0 Å². The predicted octanol–water partition coefficient (Wildman–Crippen LogP) is 1.21. The van der Waals surface area contributed by atoms with Crippen molar-refractivity contribution in [2.75, 3.05) is 0 Å². The van der Waals surface area contributed by atoms with E-state index in [2.05, 4.69) is 10.1 Å². The molecule has 2 atom stereocenters. The molecule has 0 radical (unpaired) electrons. The van der Waals surface area contributed by atoms with E-state index in [1.54, 1.807) is 0 Å². The van der Waals surface area contributed by atoms with E-state index in [-0.39, 0.29) is 6.04 Å². The summed E-state index contributed by atoms with van der Waals surface area (Å²) in [6, 6.07) is 0.679. The lowest BCUT2D eigenvalue weighted by atomic mass is 10.2. The van der Waals surface area contributed by atoms with E-state index in [4.69, 9.17) is 5.73 Å². The summed E-state index contributed by atoms with van der Waals surface area (Å²) < 4.78 is 1.99. The van der Waals surface area contributed by atoms with Crippen LogP contribution >= 0.6 is 0 Å². The molecule has 0 aromatic carbocycles. The molecule has 2 aliphatic rings. The maximum atomic E-state index is 6.02. The fourth-order valence-electron chi connectivity index (χ4n) is 2.27. The molecule has 1 heterocycles. The fourth-order valence-corrected chi connectivity index (χ4v) is 2.27. The van der Waals surface area contributed by atoms with E-state index in [0.29, 0.717) is 12.0 Å². The molecular weight excluding hydrogens is 176 g/mol. The number of rotatable bonds is 2. The second-order valence-electron chi connectivity index (χ2n) is 4.52. The van der Waals surface area contributed by atoms with Crippen LogP contribution in [0.15, 0.2) is 6.33 Å².